The standard InChI is InChI=1S/C12H18N2O6S3/c1-20-12(15)11-10(3-7-21-11)9-22(16,17)13-4-6-14-5-2-8-23(14,18)19/h3,7,13H,2,4-6,8-9H2,1H3. The third kappa shape index (κ3) is 4.73. The van der Waals surface area contributed by atoms with Gasteiger partial charge in [-0.2, -0.15) is 0 Å². The van der Waals surface area contributed by atoms with E-state index in [-0.39, 0.29) is 29.5 Å². The molecule has 2 heterocycles. The molecule has 1 N–H and O–H groups in total. The zero-order chi connectivity index (χ0) is 17.1. The van der Waals surface area contributed by atoms with Crippen molar-refractivity contribution in [2.75, 3.05) is 32.5 Å². The number of esters is 1. The number of nitrogens with zero attached hydrogens (tertiary/aromatic N) is 1. The zero-order valence-corrected chi connectivity index (χ0v) is 15.0. The number of sulfonamides is 2. The number of carbonyl (C=O) groups excluding carboxylic acids is 1. The minimum atomic E-state index is -3.67. The van der Waals surface area contributed by atoms with Gasteiger partial charge in [-0.05, 0) is 23.4 Å². The summed E-state index contributed by atoms with van der Waals surface area (Å²) in [5.74, 6) is -0.821. The van der Waals surface area contributed by atoms with Crippen LogP contribution in [0.1, 0.15) is 21.7 Å². The molecule has 0 atom stereocenters. The highest BCUT2D eigenvalue weighted by atomic mass is 32.2. The molecule has 1 aromatic rings. The first kappa shape index (κ1) is 18.3. The highest BCUT2D eigenvalue weighted by Crippen LogP contribution is 2.20. The van der Waals surface area contributed by atoms with Crippen molar-refractivity contribution in [1.29, 1.82) is 0 Å². The quantitative estimate of drug-likeness (QED) is 0.664. The molecule has 11 heteroatoms. The normalized spacial score (nSPS) is 18.1. The van der Waals surface area contributed by atoms with Crippen molar-refractivity contribution in [3.8, 4) is 0 Å². The Morgan fingerprint density at radius 3 is 2.83 bits per heavy atom. The summed E-state index contributed by atoms with van der Waals surface area (Å²) in [6, 6.07) is 1.56. The van der Waals surface area contributed by atoms with Crippen LogP contribution in [0.3, 0.4) is 0 Å². The van der Waals surface area contributed by atoms with Crippen molar-refractivity contribution in [2.45, 2.75) is 12.2 Å². The van der Waals surface area contributed by atoms with Crippen LogP contribution >= 0.6 is 11.3 Å². The molecule has 0 saturated carbocycles. The van der Waals surface area contributed by atoms with Crippen LogP contribution in [0, 0.1) is 0 Å². The summed E-state index contributed by atoms with van der Waals surface area (Å²) in [6.07, 6.45) is 0.562. The number of hydrogen-bond donors (Lipinski definition) is 1. The van der Waals surface area contributed by atoms with Gasteiger partial charge in [-0.15, -0.1) is 11.3 Å². The summed E-state index contributed by atoms with van der Waals surface area (Å²) in [7, 11) is -5.68. The van der Waals surface area contributed by atoms with Crippen LogP contribution in [0.25, 0.3) is 0 Å². The molecule has 0 bridgehead atoms. The Morgan fingerprint density at radius 1 is 1.48 bits per heavy atom. The Hall–Kier alpha value is -1.01. The second-order valence-electron chi connectivity index (χ2n) is 4.99. The maximum atomic E-state index is 12.1. The van der Waals surface area contributed by atoms with Crippen molar-refractivity contribution >= 4 is 37.4 Å². The fraction of sp³-hybridized carbons (Fsp3) is 0.583. The second-order valence-corrected chi connectivity index (χ2v) is 9.80. The molecule has 1 aliphatic rings. The fourth-order valence-electron chi connectivity index (χ4n) is 2.25. The van der Waals surface area contributed by atoms with Gasteiger partial charge in [0.25, 0.3) is 0 Å². The third-order valence-electron chi connectivity index (χ3n) is 3.35. The Labute approximate surface area is 139 Å². The lowest BCUT2D eigenvalue weighted by Crippen LogP contribution is -2.36. The van der Waals surface area contributed by atoms with Gasteiger partial charge in [-0.1, -0.05) is 0 Å². The molecule has 130 valence electrons. The number of methoxy groups -OCH3 is 1. The van der Waals surface area contributed by atoms with Crippen LogP contribution in [-0.4, -0.2) is 59.6 Å². The van der Waals surface area contributed by atoms with E-state index in [1.807, 2.05) is 0 Å². The minimum absolute atomic E-state index is 0.000736. The maximum Gasteiger partial charge on any atom is 0.348 e. The lowest BCUT2D eigenvalue weighted by Gasteiger charge is -2.14. The Balaban J connectivity index is 1.93. The van der Waals surface area contributed by atoms with Gasteiger partial charge in [0.15, 0.2) is 0 Å². The monoisotopic (exact) mass is 382 g/mol. The van der Waals surface area contributed by atoms with Crippen LogP contribution < -0.4 is 4.72 Å². The average molecular weight is 382 g/mol. The third-order valence-corrected chi connectivity index (χ3v) is 7.58. The highest BCUT2D eigenvalue weighted by Gasteiger charge is 2.28. The van der Waals surface area contributed by atoms with Crippen molar-refractivity contribution in [3.63, 3.8) is 0 Å². The van der Waals surface area contributed by atoms with Gasteiger partial charge in [0.05, 0.1) is 18.6 Å². The van der Waals surface area contributed by atoms with Gasteiger partial charge < -0.3 is 4.74 Å². The van der Waals surface area contributed by atoms with Crippen molar-refractivity contribution in [1.82, 2.24) is 9.03 Å². The van der Waals surface area contributed by atoms with Crippen LogP contribution in [0.15, 0.2) is 11.4 Å². The average Bonchev–Trinajstić information content (AvgIpc) is 3.04. The largest absolute Gasteiger partial charge is 0.465 e. The molecular formula is C12H18N2O6S3. The smallest absolute Gasteiger partial charge is 0.348 e. The zero-order valence-electron chi connectivity index (χ0n) is 12.5. The molecule has 0 aliphatic carbocycles. The number of rotatable bonds is 7. The number of hydrogen-bond acceptors (Lipinski definition) is 7. The molecule has 1 saturated heterocycles. The molecule has 1 aromatic heterocycles. The Bertz CT molecular complexity index is 768. The maximum absolute atomic E-state index is 12.1. The summed E-state index contributed by atoms with van der Waals surface area (Å²) in [5.41, 5.74) is 0.364. The van der Waals surface area contributed by atoms with Gasteiger partial charge in [-0.3, -0.25) is 0 Å². The summed E-state index contributed by atoms with van der Waals surface area (Å²) in [6.45, 7) is 0.523. The van der Waals surface area contributed by atoms with E-state index in [1.54, 1.807) is 11.4 Å². The van der Waals surface area contributed by atoms with Gasteiger partial charge in [0.2, 0.25) is 20.0 Å². The number of ether oxygens (including phenoxy) is 1. The van der Waals surface area contributed by atoms with E-state index in [0.717, 1.165) is 11.3 Å². The van der Waals surface area contributed by atoms with E-state index in [2.05, 4.69) is 9.46 Å². The second kappa shape index (κ2) is 7.26. The van der Waals surface area contributed by atoms with Gasteiger partial charge in [0, 0.05) is 19.6 Å². The predicted octanol–water partition coefficient (Wildman–Crippen LogP) is -0.0104. The fourth-order valence-corrected chi connectivity index (χ4v) is 5.86. The predicted molar refractivity (Wildman–Crippen MR) is 86.3 cm³/mol. The van der Waals surface area contributed by atoms with Crippen LogP contribution in [0.5, 0.6) is 0 Å². The number of thiophene rings is 1. The number of carbonyl (C=O) groups is 1. The first-order valence-electron chi connectivity index (χ1n) is 6.85. The Kier molecular flexibility index (Phi) is 5.79. The molecule has 0 amide bonds. The molecule has 1 fully saturated rings. The van der Waals surface area contributed by atoms with E-state index in [0.29, 0.717) is 18.5 Å². The van der Waals surface area contributed by atoms with Crippen LogP contribution in [0.4, 0.5) is 0 Å². The number of nitrogens with one attached hydrogen (secondary N) is 1. The SMILES string of the molecule is COC(=O)c1sccc1CS(=O)(=O)NCCN1CCCS1(=O)=O. The molecule has 0 spiro atoms. The van der Waals surface area contributed by atoms with Gasteiger partial charge >= 0.3 is 5.97 Å². The molecule has 0 unspecified atom stereocenters. The summed E-state index contributed by atoms with van der Waals surface area (Å²) >= 11 is 1.11. The Morgan fingerprint density at radius 2 is 2.22 bits per heavy atom. The molecule has 1 aliphatic heterocycles. The van der Waals surface area contributed by atoms with E-state index in [9.17, 15) is 21.6 Å². The van der Waals surface area contributed by atoms with Crippen LogP contribution in [-0.2, 0) is 30.5 Å². The van der Waals surface area contributed by atoms with E-state index in [4.69, 9.17) is 0 Å². The summed E-state index contributed by atoms with van der Waals surface area (Å²) in [5, 5.41) is 1.62. The molecule has 0 radical (unpaired) electrons. The van der Waals surface area contributed by atoms with Crippen molar-refractivity contribution in [2.24, 2.45) is 0 Å². The molecule has 0 aromatic carbocycles. The van der Waals surface area contributed by atoms with Gasteiger partial charge in [-0.25, -0.2) is 30.7 Å². The van der Waals surface area contributed by atoms with E-state index in [1.165, 1.54) is 11.4 Å². The lowest BCUT2D eigenvalue weighted by atomic mass is 10.3. The highest BCUT2D eigenvalue weighted by molar-refractivity contribution is 7.89. The molecule has 23 heavy (non-hydrogen) atoms. The molecule has 8 nitrogen and oxygen atoms in total. The summed E-state index contributed by atoms with van der Waals surface area (Å²) < 4.78 is 55.6. The molecular weight excluding hydrogens is 364 g/mol. The first-order chi connectivity index (χ1) is 10.7. The van der Waals surface area contributed by atoms with Crippen LogP contribution in [0.2, 0.25) is 0 Å². The topological polar surface area (TPSA) is 110 Å². The van der Waals surface area contributed by atoms with E-state index >= 15 is 0 Å². The van der Waals surface area contributed by atoms with Crippen molar-refractivity contribution < 1.29 is 26.4 Å². The first-order valence-corrected chi connectivity index (χ1v) is 11.0. The summed E-state index contributed by atoms with van der Waals surface area (Å²) in [4.78, 5) is 11.8. The van der Waals surface area contributed by atoms with E-state index < -0.39 is 26.0 Å². The van der Waals surface area contributed by atoms with Crippen molar-refractivity contribution in [3.05, 3.63) is 21.9 Å². The minimum Gasteiger partial charge on any atom is -0.465 e. The lowest BCUT2D eigenvalue weighted by molar-refractivity contribution is 0.0605. The van der Waals surface area contributed by atoms with Gasteiger partial charge in [0.1, 0.15) is 4.88 Å². The molecule has 2 rings (SSSR count).